The molecule has 0 bridgehead atoms. The van der Waals surface area contributed by atoms with Crippen molar-refractivity contribution in [2.75, 3.05) is 0 Å². The molecule has 0 aliphatic heterocycles. The number of carbonyl (C=O) groups excluding carboxylic acids is 2. The number of carbonyl (C=O) groups is 2. The maximum atomic E-state index is 11.3. The lowest BCUT2D eigenvalue weighted by Crippen LogP contribution is -2.15. The second-order valence-corrected chi connectivity index (χ2v) is 4.00. The predicted octanol–water partition coefficient (Wildman–Crippen LogP) is 1.72. The summed E-state index contributed by atoms with van der Waals surface area (Å²) in [4.78, 5) is 22.4. The third-order valence-corrected chi connectivity index (χ3v) is 3.22. The van der Waals surface area contributed by atoms with E-state index in [1.165, 1.54) is 12.8 Å². The van der Waals surface area contributed by atoms with E-state index in [0.29, 0.717) is 12.3 Å². The normalized spacial score (nSPS) is 36.3. The molecule has 0 spiro atoms. The van der Waals surface area contributed by atoms with E-state index in [2.05, 4.69) is 0 Å². The molecule has 12 heavy (non-hydrogen) atoms. The second-order valence-electron chi connectivity index (χ2n) is 4.00. The Morgan fingerprint density at radius 3 is 2.58 bits per heavy atom. The molecule has 0 radical (unpaired) electrons. The highest BCUT2D eigenvalue weighted by atomic mass is 16.2. The lowest BCUT2D eigenvalue weighted by atomic mass is 9.91. The van der Waals surface area contributed by atoms with E-state index in [-0.39, 0.29) is 17.5 Å². The van der Waals surface area contributed by atoms with Crippen molar-refractivity contribution < 1.29 is 9.59 Å². The van der Waals surface area contributed by atoms with Crippen LogP contribution in [0.25, 0.3) is 0 Å². The van der Waals surface area contributed by atoms with E-state index >= 15 is 0 Å². The van der Waals surface area contributed by atoms with Crippen LogP contribution in [0.1, 0.15) is 38.5 Å². The van der Waals surface area contributed by atoms with Gasteiger partial charge in [-0.05, 0) is 18.8 Å². The minimum absolute atomic E-state index is 0.0677. The van der Waals surface area contributed by atoms with Gasteiger partial charge >= 0.3 is 0 Å². The van der Waals surface area contributed by atoms with Crippen LogP contribution in [0.15, 0.2) is 0 Å². The Morgan fingerprint density at radius 1 is 1.00 bits per heavy atom. The molecule has 66 valence electrons. The van der Waals surface area contributed by atoms with Gasteiger partial charge in [-0.25, -0.2) is 0 Å². The fourth-order valence-electron chi connectivity index (χ4n) is 2.52. The van der Waals surface area contributed by atoms with Crippen LogP contribution in [0, 0.1) is 11.8 Å². The molecule has 0 aromatic rings. The van der Waals surface area contributed by atoms with Gasteiger partial charge in [-0.15, -0.1) is 0 Å². The Bertz CT molecular complexity index is 220. The van der Waals surface area contributed by atoms with Crippen molar-refractivity contribution >= 4 is 11.6 Å². The molecule has 0 aromatic carbocycles. The highest BCUT2D eigenvalue weighted by molar-refractivity contribution is 6.40. The number of hydrogen-bond donors (Lipinski definition) is 0. The molecule has 2 fully saturated rings. The molecule has 0 N–H and O–H groups in total. The quantitative estimate of drug-likeness (QED) is 0.513. The minimum Gasteiger partial charge on any atom is -0.291 e. The van der Waals surface area contributed by atoms with E-state index < -0.39 is 0 Å². The maximum Gasteiger partial charge on any atom is 0.201 e. The molecule has 2 nitrogen and oxygen atoms in total. The van der Waals surface area contributed by atoms with Gasteiger partial charge < -0.3 is 0 Å². The van der Waals surface area contributed by atoms with Crippen molar-refractivity contribution in [3.63, 3.8) is 0 Å². The van der Waals surface area contributed by atoms with Crippen LogP contribution >= 0.6 is 0 Å². The predicted molar refractivity (Wildman–Crippen MR) is 44.7 cm³/mol. The first-order valence-corrected chi connectivity index (χ1v) is 4.86. The number of hydrogen-bond acceptors (Lipinski definition) is 2. The van der Waals surface area contributed by atoms with Crippen molar-refractivity contribution in [1.29, 1.82) is 0 Å². The molecule has 2 unspecified atom stereocenters. The molecule has 2 heteroatoms. The summed E-state index contributed by atoms with van der Waals surface area (Å²) in [5.74, 6) is 0.348. The van der Waals surface area contributed by atoms with Gasteiger partial charge in [-0.1, -0.05) is 19.3 Å². The molecule has 0 heterocycles. The topological polar surface area (TPSA) is 34.1 Å². The van der Waals surface area contributed by atoms with Crippen LogP contribution in [0.5, 0.6) is 0 Å². The average molecular weight is 166 g/mol. The van der Waals surface area contributed by atoms with Crippen molar-refractivity contribution in [1.82, 2.24) is 0 Å². The third kappa shape index (κ3) is 1.19. The number of Topliss-reactive ketones (excluding diaryl/α,β-unsaturated/α-hetero) is 2. The Labute approximate surface area is 72.3 Å². The molecule has 2 atom stereocenters. The van der Waals surface area contributed by atoms with Crippen LogP contribution in [0.4, 0.5) is 0 Å². The zero-order valence-corrected chi connectivity index (χ0v) is 7.21. The van der Waals surface area contributed by atoms with Gasteiger partial charge in [-0.2, -0.15) is 0 Å². The van der Waals surface area contributed by atoms with Gasteiger partial charge in [0.2, 0.25) is 5.78 Å². The summed E-state index contributed by atoms with van der Waals surface area (Å²) in [6.45, 7) is 0. The molecular formula is C10H14O2. The summed E-state index contributed by atoms with van der Waals surface area (Å²) < 4.78 is 0. The largest absolute Gasteiger partial charge is 0.291 e. The van der Waals surface area contributed by atoms with Crippen molar-refractivity contribution in [2.45, 2.75) is 38.5 Å². The van der Waals surface area contributed by atoms with Gasteiger partial charge in [0.15, 0.2) is 5.78 Å². The molecule has 0 saturated heterocycles. The van der Waals surface area contributed by atoms with Crippen LogP contribution in [-0.2, 0) is 9.59 Å². The van der Waals surface area contributed by atoms with E-state index in [9.17, 15) is 9.59 Å². The Balaban J connectivity index is 2.15. The summed E-state index contributed by atoms with van der Waals surface area (Å²) >= 11 is 0. The highest BCUT2D eigenvalue weighted by Crippen LogP contribution is 2.36. The lowest BCUT2D eigenvalue weighted by molar-refractivity contribution is -0.135. The van der Waals surface area contributed by atoms with Gasteiger partial charge in [0.05, 0.1) is 0 Å². The van der Waals surface area contributed by atoms with Gasteiger partial charge in [0.1, 0.15) is 0 Å². The first-order chi connectivity index (χ1) is 5.79. The second kappa shape index (κ2) is 3.00. The monoisotopic (exact) mass is 166 g/mol. The Morgan fingerprint density at radius 2 is 1.75 bits per heavy atom. The lowest BCUT2D eigenvalue weighted by Gasteiger charge is -2.11. The van der Waals surface area contributed by atoms with Gasteiger partial charge in [-0.3, -0.25) is 9.59 Å². The highest BCUT2D eigenvalue weighted by Gasteiger charge is 2.40. The standard InChI is InChI=1S/C10H14O2/c11-9-6-7-4-2-1-3-5-8(7)10(9)12/h7-8H,1-6H2. The molecule has 2 aliphatic rings. The molecule has 0 aromatic heterocycles. The summed E-state index contributed by atoms with van der Waals surface area (Å²) in [7, 11) is 0. The van der Waals surface area contributed by atoms with Crippen molar-refractivity contribution in [3.05, 3.63) is 0 Å². The SMILES string of the molecule is O=C1CC2CCCCCC2C1=O. The van der Waals surface area contributed by atoms with Gasteiger partial charge in [0, 0.05) is 12.3 Å². The fraction of sp³-hybridized carbons (Fsp3) is 0.800. The van der Waals surface area contributed by atoms with E-state index in [0.717, 1.165) is 19.3 Å². The van der Waals surface area contributed by atoms with E-state index in [1.807, 2.05) is 0 Å². The first-order valence-electron chi connectivity index (χ1n) is 4.86. The van der Waals surface area contributed by atoms with Crippen LogP contribution in [0.3, 0.4) is 0 Å². The maximum absolute atomic E-state index is 11.3. The molecule has 2 rings (SSSR count). The van der Waals surface area contributed by atoms with Crippen molar-refractivity contribution in [2.24, 2.45) is 11.8 Å². The average Bonchev–Trinajstić information content (AvgIpc) is 2.30. The van der Waals surface area contributed by atoms with E-state index in [4.69, 9.17) is 0 Å². The third-order valence-electron chi connectivity index (χ3n) is 3.22. The Hall–Kier alpha value is -0.660. The fourth-order valence-corrected chi connectivity index (χ4v) is 2.52. The summed E-state index contributed by atoms with van der Waals surface area (Å²) in [5.41, 5.74) is 0. The number of rotatable bonds is 0. The minimum atomic E-state index is -0.105. The summed E-state index contributed by atoms with van der Waals surface area (Å²) in [5, 5.41) is 0. The number of ketones is 2. The zero-order chi connectivity index (χ0) is 8.55. The van der Waals surface area contributed by atoms with E-state index in [1.54, 1.807) is 0 Å². The molecule has 0 amide bonds. The summed E-state index contributed by atoms with van der Waals surface area (Å²) in [6, 6.07) is 0. The summed E-state index contributed by atoms with van der Waals surface area (Å²) in [6.07, 6.45) is 6.21. The Kier molecular flexibility index (Phi) is 1.99. The smallest absolute Gasteiger partial charge is 0.201 e. The molecule has 2 aliphatic carbocycles. The van der Waals surface area contributed by atoms with Crippen LogP contribution < -0.4 is 0 Å². The van der Waals surface area contributed by atoms with Gasteiger partial charge in [0.25, 0.3) is 0 Å². The molecule has 2 saturated carbocycles. The van der Waals surface area contributed by atoms with Crippen LogP contribution in [0.2, 0.25) is 0 Å². The first kappa shape index (κ1) is 7.96. The van der Waals surface area contributed by atoms with Crippen molar-refractivity contribution in [3.8, 4) is 0 Å². The van der Waals surface area contributed by atoms with Crippen LogP contribution in [-0.4, -0.2) is 11.6 Å². The number of fused-ring (bicyclic) bond motifs is 1. The molecular weight excluding hydrogens is 152 g/mol. The zero-order valence-electron chi connectivity index (χ0n) is 7.21.